The van der Waals surface area contributed by atoms with Crippen LogP contribution in [0.3, 0.4) is 0 Å². The third-order valence-electron chi connectivity index (χ3n) is 12.3. The Morgan fingerprint density at radius 2 is 0.672 bits per heavy atom. The summed E-state index contributed by atoms with van der Waals surface area (Å²) in [5, 5.41) is 9.93. The molecule has 0 N–H and O–H groups in total. The number of aromatic nitrogens is 4. The van der Waals surface area contributed by atoms with Gasteiger partial charge in [0.1, 0.15) is 0 Å². The fourth-order valence-electron chi connectivity index (χ4n) is 10.0. The van der Waals surface area contributed by atoms with Crippen LogP contribution in [-0.2, 0) is 0 Å². The second-order valence-electron chi connectivity index (χ2n) is 15.3. The monoisotopic (exact) mass is 738 g/mol. The van der Waals surface area contributed by atoms with Crippen LogP contribution in [0.1, 0.15) is 0 Å². The molecule has 0 unspecified atom stereocenters. The molecule has 13 rings (SSSR count). The first-order valence-electron chi connectivity index (χ1n) is 20.0. The maximum absolute atomic E-state index is 2.51. The van der Waals surface area contributed by atoms with Crippen LogP contribution in [0.5, 0.6) is 0 Å². The van der Waals surface area contributed by atoms with Crippen LogP contribution in [0.15, 0.2) is 206 Å². The maximum atomic E-state index is 2.51. The van der Waals surface area contributed by atoms with Crippen molar-refractivity contribution in [2.45, 2.75) is 0 Å². The van der Waals surface area contributed by atoms with Gasteiger partial charge in [0, 0.05) is 60.2 Å². The summed E-state index contributed by atoms with van der Waals surface area (Å²) in [4.78, 5) is 0. The van der Waals surface area contributed by atoms with Crippen molar-refractivity contribution >= 4 is 87.2 Å². The van der Waals surface area contributed by atoms with Gasteiger partial charge in [-0.3, -0.25) is 0 Å². The highest BCUT2D eigenvalue weighted by molar-refractivity contribution is 6.27. The summed E-state index contributed by atoms with van der Waals surface area (Å²) in [5.74, 6) is 0. The minimum atomic E-state index is 1.13. The molecule has 0 aliphatic rings. The van der Waals surface area contributed by atoms with Crippen molar-refractivity contribution in [2.24, 2.45) is 0 Å². The van der Waals surface area contributed by atoms with Crippen molar-refractivity contribution in [2.75, 3.05) is 0 Å². The normalized spacial score (nSPS) is 12.1. The van der Waals surface area contributed by atoms with Gasteiger partial charge in [0.25, 0.3) is 0 Å². The highest BCUT2D eigenvalue weighted by Crippen LogP contribution is 2.44. The molecule has 58 heavy (non-hydrogen) atoms. The van der Waals surface area contributed by atoms with Crippen molar-refractivity contribution in [1.29, 1.82) is 0 Å². The molecule has 4 nitrogen and oxygen atoms in total. The van der Waals surface area contributed by atoms with E-state index in [2.05, 4.69) is 225 Å². The summed E-state index contributed by atoms with van der Waals surface area (Å²) in [6, 6.07) is 75.4. The van der Waals surface area contributed by atoms with Gasteiger partial charge >= 0.3 is 0 Å². The standard InChI is InChI=1S/C54H34N4/c1-3-16-35(17-4-1)55-45-25-11-9-22-40(45)44-34-37(30-32-49(44)55)57-47-27-13-7-20-38(47)41-24-15-29-51(53(41)57)58-48-28-14-10-23-43(48)52-50(58)33-31-42-39-21-8-12-26-46(39)56(54(42)52)36-18-5-2-6-19-36/h1-34H. The van der Waals surface area contributed by atoms with Crippen LogP contribution in [0.2, 0.25) is 0 Å². The van der Waals surface area contributed by atoms with Gasteiger partial charge in [0.2, 0.25) is 0 Å². The quantitative estimate of drug-likeness (QED) is 0.171. The van der Waals surface area contributed by atoms with E-state index in [0.717, 1.165) is 22.7 Å². The molecule has 0 atom stereocenters. The highest BCUT2D eigenvalue weighted by Gasteiger charge is 2.24. The van der Waals surface area contributed by atoms with Gasteiger partial charge in [0.15, 0.2) is 0 Å². The minimum Gasteiger partial charge on any atom is -0.309 e. The van der Waals surface area contributed by atoms with Gasteiger partial charge in [0.05, 0.1) is 49.8 Å². The molecular formula is C54H34N4. The van der Waals surface area contributed by atoms with Crippen LogP contribution in [0.25, 0.3) is 110 Å². The number of fused-ring (bicyclic) bond motifs is 13. The molecule has 4 heterocycles. The van der Waals surface area contributed by atoms with E-state index in [9.17, 15) is 0 Å². The van der Waals surface area contributed by atoms with Crippen molar-refractivity contribution in [3.63, 3.8) is 0 Å². The van der Waals surface area contributed by atoms with Gasteiger partial charge < -0.3 is 18.3 Å². The summed E-state index contributed by atoms with van der Waals surface area (Å²) in [6.45, 7) is 0. The number of hydrogen-bond acceptors (Lipinski definition) is 0. The van der Waals surface area contributed by atoms with E-state index in [4.69, 9.17) is 0 Å². The first-order valence-corrected chi connectivity index (χ1v) is 20.0. The van der Waals surface area contributed by atoms with E-state index in [1.54, 1.807) is 0 Å². The molecule has 0 bridgehead atoms. The summed E-state index contributed by atoms with van der Waals surface area (Å²) in [7, 11) is 0. The number of rotatable bonds is 4. The van der Waals surface area contributed by atoms with E-state index in [0.29, 0.717) is 0 Å². The van der Waals surface area contributed by atoms with Crippen molar-refractivity contribution in [3.8, 4) is 22.7 Å². The molecule has 4 aromatic heterocycles. The van der Waals surface area contributed by atoms with E-state index in [-0.39, 0.29) is 0 Å². The molecule has 13 aromatic rings. The van der Waals surface area contributed by atoms with Crippen LogP contribution < -0.4 is 0 Å². The third-order valence-corrected chi connectivity index (χ3v) is 12.3. The molecule has 270 valence electrons. The molecule has 0 saturated carbocycles. The third kappa shape index (κ3) is 4.18. The Balaban J connectivity index is 1.16. The molecule has 9 aromatic carbocycles. The minimum absolute atomic E-state index is 1.13. The van der Waals surface area contributed by atoms with Crippen LogP contribution in [-0.4, -0.2) is 18.3 Å². The van der Waals surface area contributed by atoms with E-state index < -0.39 is 0 Å². The molecular weight excluding hydrogens is 705 g/mol. The summed E-state index contributed by atoms with van der Waals surface area (Å²) >= 11 is 0. The number of nitrogens with zero attached hydrogens (tertiary/aromatic N) is 4. The second-order valence-corrected chi connectivity index (χ2v) is 15.3. The Bertz CT molecular complexity index is 3780. The van der Waals surface area contributed by atoms with Gasteiger partial charge in [-0.05, 0) is 78.9 Å². The van der Waals surface area contributed by atoms with Crippen LogP contribution in [0, 0.1) is 0 Å². The zero-order chi connectivity index (χ0) is 37.9. The Labute approximate surface area is 333 Å². The number of hydrogen-bond donors (Lipinski definition) is 0. The average molecular weight is 739 g/mol. The van der Waals surface area contributed by atoms with Crippen molar-refractivity contribution in [1.82, 2.24) is 18.3 Å². The smallest absolute Gasteiger partial charge is 0.0782 e. The predicted molar refractivity (Wildman–Crippen MR) is 244 cm³/mol. The van der Waals surface area contributed by atoms with E-state index in [1.165, 1.54) is 87.2 Å². The zero-order valence-corrected chi connectivity index (χ0v) is 31.4. The fraction of sp³-hybridized carbons (Fsp3) is 0. The molecule has 0 fully saturated rings. The SMILES string of the molecule is c1ccc(-n2c3ccccc3c3cc(-n4c5ccccc5c5cccc(-n6c7ccccc7c7c6ccc6c8ccccc8n(-c8ccccc8)c67)c54)ccc32)cc1. The summed E-state index contributed by atoms with van der Waals surface area (Å²) in [6.07, 6.45) is 0. The molecule has 0 spiro atoms. The lowest BCUT2D eigenvalue weighted by molar-refractivity contribution is 1.13. The molecule has 0 amide bonds. The van der Waals surface area contributed by atoms with E-state index >= 15 is 0 Å². The lowest BCUT2D eigenvalue weighted by Crippen LogP contribution is -2.01. The van der Waals surface area contributed by atoms with Crippen LogP contribution >= 0.6 is 0 Å². The predicted octanol–water partition coefficient (Wildman–Crippen LogP) is 14.1. The van der Waals surface area contributed by atoms with Gasteiger partial charge in [-0.15, -0.1) is 0 Å². The van der Waals surface area contributed by atoms with E-state index in [1.807, 2.05) is 0 Å². The fourth-order valence-corrected chi connectivity index (χ4v) is 10.0. The Morgan fingerprint density at radius 3 is 1.33 bits per heavy atom. The van der Waals surface area contributed by atoms with Gasteiger partial charge in [-0.1, -0.05) is 127 Å². The Kier molecular flexibility index (Phi) is 6.41. The molecule has 0 saturated heterocycles. The Hall–Kier alpha value is -7.82. The lowest BCUT2D eigenvalue weighted by atomic mass is 10.1. The molecule has 0 aliphatic carbocycles. The summed E-state index contributed by atoms with van der Waals surface area (Å²) < 4.78 is 9.85. The molecule has 0 aliphatic heterocycles. The Morgan fingerprint density at radius 1 is 0.224 bits per heavy atom. The molecule has 0 radical (unpaired) electrons. The topological polar surface area (TPSA) is 19.7 Å². The first kappa shape index (κ1) is 31.4. The highest BCUT2D eigenvalue weighted by atomic mass is 15.1. The second kappa shape index (κ2) is 11.8. The van der Waals surface area contributed by atoms with Gasteiger partial charge in [-0.2, -0.15) is 0 Å². The summed E-state index contributed by atoms with van der Waals surface area (Å²) in [5.41, 5.74) is 14.2. The number of para-hydroxylation sites is 7. The van der Waals surface area contributed by atoms with Crippen molar-refractivity contribution in [3.05, 3.63) is 206 Å². The molecule has 4 heteroatoms. The van der Waals surface area contributed by atoms with Crippen LogP contribution in [0.4, 0.5) is 0 Å². The first-order chi connectivity index (χ1) is 28.8. The van der Waals surface area contributed by atoms with Gasteiger partial charge in [-0.25, -0.2) is 0 Å². The average Bonchev–Trinajstić information content (AvgIpc) is 4.02. The largest absolute Gasteiger partial charge is 0.309 e. The van der Waals surface area contributed by atoms with Crippen molar-refractivity contribution < 1.29 is 0 Å². The maximum Gasteiger partial charge on any atom is 0.0782 e. The number of benzene rings is 9. The zero-order valence-electron chi connectivity index (χ0n) is 31.4. The lowest BCUT2D eigenvalue weighted by Gasteiger charge is -2.15.